The average molecular weight is 156 g/mol. The first-order valence-corrected chi connectivity index (χ1v) is 3.89. The van der Waals surface area contributed by atoms with Gasteiger partial charge in [-0.2, -0.15) is 0 Å². The maximum absolute atomic E-state index is 10.1. The highest BCUT2D eigenvalue weighted by molar-refractivity contribution is 5.51. The van der Waals surface area contributed by atoms with Gasteiger partial charge in [0.05, 0.1) is 12.2 Å². The van der Waals surface area contributed by atoms with Gasteiger partial charge in [0.1, 0.15) is 12.6 Å². The second-order valence-corrected chi connectivity index (χ2v) is 2.76. The largest absolute Gasteiger partial charge is 0.374 e. The van der Waals surface area contributed by atoms with Crippen LogP contribution < -0.4 is 0 Å². The van der Waals surface area contributed by atoms with Gasteiger partial charge in [-0.3, -0.25) is 0 Å². The van der Waals surface area contributed by atoms with Gasteiger partial charge in [-0.05, 0) is 12.8 Å². The fourth-order valence-electron chi connectivity index (χ4n) is 1.34. The Kier molecular flexibility index (Phi) is 3.23. The van der Waals surface area contributed by atoms with Crippen molar-refractivity contribution in [2.75, 3.05) is 0 Å². The van der Waals surface area contributed by atoms with Crippen LogP contribution in [0.15, 0.2) is 0 Å². The minimum Gasteiger partial charge on any atom is -0.374 e. The third-order valence-electron chi connectivity index (χ3n) is 1.91. The highest BCUT2D eigenvalue weighted by Gasteiger charge is 2.23. The van der Waals surface area contributed by atoms with Crippen molar-refractivity contribution < 1.29 is 14.3 Å². The lowest BCUT2D eigenvalue weighted by Crippen LogP contribution is -2.11. The van der Waals surface area contributed by atoms with Crippen LogP contribution in [0, 0.1) is 0 Å². The van der Waals surface area contributed by atoms with Crippen molar-refractivity contribution >= 4 is 12.6 Å². The molecule has 0 unspecified atom stereocenters. The first-order chi connectivity index (χ1) is 5.36. The van der Waals surface area contributed by atoms with E-state index < -0.39 is 0 Å². The van der Waals surface area contributed by atoms with Gasteiger partial charge in [-0.25, -0.2) is 0 Å². The van der Waals surface area contributed by atoms with Crippen LogP contribution in [0.4, 0.5) is 0 Å². The summed E-state index contributed by atoms with van der Waals surface area (Å²) < 4.78 is 5.38. The summed E-state index contributed by atoms with van der Waals surface area (Å²) in [5.74, 6) is 0. The Labute approximate surface area is 65.7 Å². The first kappa shape index (κ1) is 8.40. The predicted molar refractivity (Wildman–Crippen MR) is 39.3 cm³/mol. The van der Waals surface area contributed by atoms with Crippen molar-refractivity contribution in [1.29, 1.82) is 0 Å². The van der Waals surface area contributed by atoms with E-state index in [2.05, 4.69) is 0 Å². The average Bonchev–Trinajstić information content (AvgIpc) is 2.38. The van der Waals surface area contributed by atoms with E-state index in [9.17, 15) is 9.59 Å². The Bertz CT molecular complexity index is 128. The molecule has 0 amide bonds. The van der Waals surface area contributed by atoms with Crippen molar-refractivity contribution in [3.63, 3.8) is 0 Å². The highest BCUT2D eigenvalue weighted by atomic mass is 16.5. The van der Waals surface area contributed by atoms with Gasteiger partial charge in [-0.1, -0.05) is 0 Å². The molecule has 1 aliphatic heterocycles. The Morgan fingerprint density at radius 2 is 1.55 bits per heavy atom. The fraction of sp³-hybridized carbons (Fsp3) is 0.750. The van der Waals surface area contributed by atoms with Crippen LogP contribution in [0.3, 0.4) is 0 Å². The summed E-state index contributed by atoms with van der Waals surface area (Å²) >= 11 is 0. The van der Waals surface area contributed by atoms with Crippen LogP contribution in [0.2, 0.25) is 0 Å². The second-order valence-electron chi connectivity index (χ2n) is 2.76. The van der Waals surface area contributed by atoms with Crippen molar-refractivity contribution in [3.8, 4) is 0 Å². The molecule has 62 valence electrons. The Morgan fingerprint density at radius 3 is 1.91 bits per heavy atom. The van der Waals surface area contributed by atoms with Crippen molar-refractivity contribution in [1.82, 2.24) is 0 Å². The van der Waals surface area contributed by atoms with Crippen molar-refractivity contribution in [2.45, 2.75) is 37.9 Å². The Balaban J connectivity index is 2.22. The lowest BCUT2D eigenvalue weighted by atomic mass is 10.1. The van der Waals surface area contributed by atoms with E-state index in [4.69, 9.17) is 4.74 Å². The lowest BCUT2D eigenvalue weighted by molar-refractivity contribution is -0.111. The molecular formula is C8H12O3. The number of hydrogen-bond acceptors (Lipinski definition) is 3. The minimum atomic E-state index is 0.0671. The smallest absolute Gasteiger partial charge is 0.122 e. The molecule has 3 nitrogen and oxygen atoms in total. The molecule has 1 heterocycles. The van der Waals surface area contributed by atoms with Crippen molar-refractivity contribution in [2.24, 2.45) is 0 Å². The molecule has 0 aliphatic carbocycles. The van der Waals surface area contributed by atoms with Crippen molar-refractivity contribution in [3.05, 3.63) is 0 Å². The molecule has 0 radical (unpaired) electrons. The molecule has 0 spiro atoms. The van der Waals surface area contributed by atoms with E-state index >= 15 is 0 Å². The molecule has 3 heteroatoms. The minimum absolute atomic E-state index is 0.0671. The number of carbonyl (C=O) groups excluding carboxylic acids is 2. The van der Waals surface area contributed by atoms with Gasteiger partial charge < -0.3 is 14.3 Å². The van der Waals surface area contributed by atoms with Gasteiger partial charge in [0.25, 0.3) is 0 Å². The summed E-state index contributed by atoms with van der Waals surface area (Å²) in [4.78, 5) is 20.2. The summed E-state index contributed by atoms with van der Waals surface area (Å²) in [7, 11) is 0. The van der Waals surface area contributed by atoms with E-state index in [-0.39, 0.29) is 12.2 Å². The zero-order chi connectivity index (χ0) is 8.10. The molecule has 1 fully saturated rings. The zero-order valence-corrected chi connectivity index (χ0v) is 6.36. The first-order valence-electron chi connectivity index (χ1n) is 3.89. The number of rotatable bonds is 4. The molecule has 11 heavy (non-hydrogen) atoms. The molecule has 1 saturated heterocycles. The number of hydrogen-bond donors (Lipinski definition) is 0. The standard InChI is InChI=1S/C8H12O3/c9-5-3-7-1-2-8(11-7)4-6-10/h5-8H,1-4H2/t7-,8-/m0/s1. The van der Waals surface area contributed by atoms with Crippen LogP contribution in [0.5, 0.6) is 0 Å². The summed E-state index contributed by atoms with van der Waals surface area (Å²) in [5, 5.41) is 0. The van der Waals surface area contributed by atoms with E-state index in [1.807, 2.05) is 0 Å². The highest BCUT2D eigenvalue weighted by Crippen LogP contribution is 2.22. The zero-order valence-electron chi connectivity index (χ0n) is 6.36. The quantitative estimate of drug-likeness (QED) is 0.563. The maximum atomic E-state index is 10.1. The maximum Gasteiger partial charge on any atom is 0.122 e. The van der Waals surface area contributed by atoms with Crippen LogP contribution in [0.1, 0.15) is 25.7 Å². The third-order valence-corrected chi connectivity index (χ3v) is 1.91. The SMILES string of the molecule is O=CC[C@@H]1CC[C@@H](CC=O)O1. The van der Waals surface area contributed by atoms with Gasteiger partial charge in [0.15, 0.2) is 0 Å². The molecular weight excluding hydrogens is 144 g/mol. The van der Waals surface area contributed by atoms with Gasteiger partial charge in [0, 0.05) is 12.8 Å². The van der Waals surface area contributed by atoms with E-state index in [1.165, 1.54) is 0 Å². The molecule has 0 bridgehead atoms. The molecule has 1 aliphatic rings. The van der Waals surface area contributed by atoms with Crippen LogP contribution >= 0.6 is 0 Å². The summed E-state index contributed by atoms with van der Waals surface area (Å²) in [6.45, 7) is 0. The van der Waals surface area contributed by atoms with E-state index in [1.54, 1.807) is 0 Å². The molecule has 0 aromatic rings. The Morgan fingerprint density at radius 1 is 1.09 bits per heavy atom. The monoisotopic (exact) mass is 156 g/mol. The normalized spacial score (nSPS) is 30.2. The van der Waals surface area contributed by atoms with Crippen LogP contribution in [0.25, 0.3) is 0 Å². The van der Waals surface area contributed by atoms with E-state index in [0.717, 1.165) is 25.4 Å². The molecule has 2 atom stereocenters. The second kappa shape index (κ2) is 4.23. The number of carbonyl (C=O) groups is 2. The molecule has 0 aromatic heterocycles. The Hall–Kier alpha value is -0.700. The van der Waals surface area contributed by atoms with E-state index in [0.29, 0.717) is 12.8 Å². The van der Waals surface area contributed by atoms with Gasteiger partial charge in [0.2, 0.25) is 0 Å². The number of ether oxygens (including phenoxy) is 1. The van der Waals surface area contributed by atoms with Gasteiger partial charge >= 0.3 is 0 Å². The number of aldehydes is 2. The molecule has 0 saturated carbocycles. The third kappa shape index (κ3) is 2.42. The lowest BCUT2D eigenvalue weighted by Gasteiger charge is -2.07. The van der Waals surface area contributed by atoms with Crippen LogP contribution in [-0.2, 0) is 14.3 Å². The fourth-order valence-corrected chi connectivity index (χ4v) is 1.34. The molecule has 0 N–H and O–H groups in total. The summed E-state index contributed by atoms with van der Waals surface area (Å²) in [5.41, 5.74) is 0. The summed E-state index contributed by atoms with van der Waals surface area (Å²) in [6, 6.07) is 0. The topological polar surface area (TPSA) is 43.4 Å². The molecule has 1 rings (SSSR count). The van der Waals surface area contributed by atoms with Gasteiger partial charge in [-0.15, -0.1) is 0 Å². The van der Waals surface area contributed by atoms with Crippen LogP contribution in [-0.4, -0.2) is 24.8 Å². The molecule has 0 aromatic carbocycles. The summed E-state index contributed by atoms with van der Waals surface area (Å²) in [6.07, 6.45) is 4.64. The predicted octanol–water partition coefficient (Wildman–Crippen LogP) is 0.712.